The Balaban J connectivity index is 1.32. The number of hydrogen-bond donors (Lipinski definition) is 1. The fourth-order valence-electron chi connectivity index (χ4n) is 4.60. The van der Waals surface area contributed by atoms with Gasteiger partial charge < -0.3 is 29.0 Å². The molecule has 1 amide bonds. The van der Waals surface area contributed by atoms with Gasteiger partial charge in [0, 0.05) is 37.6 Å². The molecule has 0 fully saturated rings. The zero-order valence-corrected chi connectivity index (χ0v) is 29.6. The number of pyridine rings is 2. The van der Waals surface area contributed by atoms with Crippen molar-refractivity contribution in [3.63, 3.8) is 0 Å². The fourth-order valence-corrected chi connectivity index (χ4v) is 4.98. The highest BCUT2D eigenvalue weighted by atomic mass is 35.5. The summed E-state index contributed by atoms with van der Waals surface area (Å²) in [6, 6.07) is 9.09. The zero-order chi connectivity index (χ0) is 40.0. The lowest BCUT2D eigenvalue weighted by molar-refractivity contribution is -0.145. The van der Waals surface area contributed by atoms with Crippen LogP contribution in [0.15, 0.2) is 76.6 Å². The summed E-state index contributed by atoms with van der Waals surface area (Å²) in [5.74, 6) is -5.00. The van der Waals surface area contributed by atoms with E-state index < -0.39 is 82.0 Å². The van der Waals surface area contributed by atoms with Gasteiger partial charge in [-0.2, -0.15) is 13.2 Å². The number of rotatable bonds is 13. The summed E-state index contributed by atoms with van der Waals surface area (Å²) in [5.41, 5.74) is -5.74. The third-order valence-electron chi connectivity index (χ3n) is 7.03. The highest BCUT2D eigenvalue weighted by Gasteiger charge is 2.35. The predicted molar refractivity (Wildman–Crippen MR) is 184 cm³/mol. The van der Waals surface area contributed by atoms with Gasteiger partial charge in [0.1, 0.15) is 28.8 Å². The second-order valence-electron chi connectivity index (χ2n) is 10.8. The lowest BCUT2D eigenvalue weighted by atomic mass is 10.2. The molecule has 3 aromatic heterocycles. The SMILES string of the molecule is CCOC(=O)COc1ncccc1Oc1cc(NC(=O)COc2ncccc2Oc2cc(-n3c(=O)cc(C(F)(F)F)n(C)c3=O)c(F)cc2Cl)c(F)cc1Cl. The van der Waals surface area contributed by atoms with Gasteiger partial charge in [0.05, 0.1) is 28.0 Å². The van der Waals surface area contributed by atoms with Crippen LogP contribution in [0.4, 0.5) is 27.6 Å². The fraction of sp³-hybridized carbons (Fsp3) is 0.176. The maximum atomic E-state index is 15.0. The molecule has 1 N–H and O–H groups in total. The van der Waals surface area contributed by atoms with Gasteiger partial charge in [-0.25, -0.2) is 32.9 Å². The first-order valence-electron chi connectivity index (χ1n) is 15.4. The number of ether oxygens (including phenoxy) is 5. The van der Waals surface area contributed by atoms with Crippen molar-refractivity contribution in [2.75, 3.05) is 25.1 Å². The Morgan fingerprint density at radius 1 is 0.818 bits per heavy atom. The lowest BCUT2D eigenvalue weighted by Crippen LogP contribution is -2.41. The lowest BCUT2D eigenvalue weighted by Gasteiger charge is -2.16. The minimum atomic E-state index is -5.05. The summed E-state index contributed by atoms with van der Waals surface area (Å²) in [4.78, 5) is 57.9. The van der Waals surface area contributed by atoms with Gasteiger partial charge in [-0.05, 0) is 43.3 Å². The van der Waals surface area contributed by atoms with Gasteiger partial charge in [-0.15, -0.1) is 0 Å². The van der Waals surface area contributed by atoms with Gasteiger partial charge >= 0.3 is 17.8 Å². The highest BCUT2D eigenvalue weighted by Crippen LogP contribution is 2.38. The third-order valence-corrected chi connectivity index (χ3v) is 7.62. The normalized spacial score (nSPS) is 11.1. The van der Waals surface area contributed by atoms with Crippen LogP contribution >= 0.6 is 23.2 Å². The molecule has 0 saturated heterocycles. The van der Waals surface area contributed by atoms with Crippen molar-refractivity contribution in [3.8, 4) is 40.4 Å². The number of aromatic nitrogens is 4. The van der Waals surface area contributed by atoms with Crippen LogP contribution in [-0.4, -0.2) is 50.8 Å². The smallest absolute Gasteiger partial charge is 0.431 e. The van der Waals surface area contributed by atoms with E-state index in [1.54, 1.807) is 6.92 Å². The molecule has 14 nitrogen and oxygen atoms in total. The molecule has 5 aromatic rings. The van der Waals surface area contributed by atoms with Crippen molar-refractivity contribution in [1.29, 1.82) is 0 Å². The molecule has 2 aromatic carbocycles. The molecule has 0 aliphatic heterocycles. The van der Waals surface area contributed by atoms with Crippen molar-refractivity contribution >= 4 is 40.8 Å². The monoisotopic (exact) mass is 811 g/mol. The Morgan fingerprint density at radius 3 is 1.96 bits per heavy atom. The number of nitrogens with zero attached hydrogens (tertiary/aromatic N) is 4. The molecule has 0 aliphatic rings. The molecule has 0 saturated carbocycles. The van der Waals surface area contributed by atoms with Gasteiger partial charge in [0.25, 0.3) is 23.2 Å². The van der Waals surface area contributed by atoms with Crippen molar-refractivity contribution in [2.45, 2.75) is 13.1 Å². The minimum absolute atomic E-state index is 0.00845. The Hall–Kier alpha value is -6.21. The maximum Gasteiger partial charge on any atom is 0.431 e. The van der Waals surface area contributed by atoms with Gasteiger partial charge in [0.15, 0.2) is 24.7 Å². The van der Waals surface area contributed by atoms with Crippen LogP contribution in [0.3, 0.4) is 0 Å². The number of carbonyl (C=O) groups excluding carboxylic acids is 2. The number of benzene rings is 2. The molecule has 0 unspecified atom stereocenters. The van der Waals surface area contributed by atoms with E-state index in [1.165, 1.54) is 36.7 Å². The molecule has 288 valence electrons. The highest BCUT2D eigenvalue weighted by molar-refractivity contribution is 6.32. The topological polar surface area (TPSA) is 162 Å². The first kappa shape index (κ1) is 40.0. The quantitative estimate of drug-likeness (QED) is 0.102. The summed E-state index contributed by atoms with van der Waals surface area (Å²) in [6.07, 6.45) is -2.44. The Labute approximate surface area is 315 Å². The van der Waals surface area contributed by atoms with Crippen LogP contribution in [-0.2, 0) is 27.5 Å². The van der Waals surface area contributed by atoms with E-state index in [1.807, 2.05) is 0 Å². The Kier molecular flexibility index (Phi) is 12.3. The Morgan fingerprint density at radius 2 is 1.38 bits per heavy atom. The molecule has 55 heavy (non-hydrogen) atoms. The molecule has 3 heterocycles. The van der Waals surface area contributed by atoms with E-state index in [9.17, 15) is 36.7 Å². The number of carbonyl (C=O) groups is 2. The van der Waals surface area contributed by atoms with E-state index in [4.69, 9.17) is 46.9 Å². The largest absolute Gasteiger partial charge is 0.465 e. The first-order valence-corrected chi connectivity index (χ1v) is 16.2. The standard InChI is InChI=1S/C34H24Cl2F5N5O9/c1-3-51-30(49)16-53-32-24(7-5-9-43-32)54-25-12-21(19(37)10-17(25)35)44-28(47)15-52-31-23(6-4-8-42-31)55-26-13-22(20(38)11-18(26)36)46-29(48)14-27(34(39,40)41)45(2)33(46)50/h4-14H,3,15-16H2,1-2H3,(H,44,47). The van der Waals surface area contributed by atoms with E-state index in [2.05, 4.69) is 15.3 Å². The van der Waals surface area contributed by atoms with Crippen LogP contribution in [0.25, 0.3) is 5.69 Å². The van der Waals surface area contributed by atoms with Crippen LogP contribution in [0, 0.1) is 11.6 Å². The number of esters is 1. The molecule has 0 aliphatic carbocycles. The molecule has 0 radical (unpaired) electrons. The number of halogens is 7. The summed E-state index contributed by atoms with van der Waals surface area (Å²) in [6.45, 7) is 0.479. The molecule has 0 spiro atoms. The van der Waals surface area contributed by atoms with Gasteiger partial charge in [-0.1, -0.05) is 23.2 Å². The second-order valence-corrected chi connectivity index (χ2v) is 11.6. The van der Waals surface area contributed by atoms with Crippen LogP contribution in [0.5, 0.6) is 34.8 Å². The molecular formula is C34H24Cl2F5N5O9. The van der Waals surface area contributed by atoms with Crippen molar-refractivity contribution in [3.05, 3.63) is 115 Å². The second kappa shape index (κ2) is 16.9. The summed E-state index contributed by atoms with van der Waals surface area (Å²) >= 11 is 12.3. The number of anilines is 1. The van der Waals surface area contributed by atoms with Crippen LogP contribution in [0.1, 0.15) is 12.6 Å². The summed E-state index contributed by atoms with van der Waals surface area (Å²) < 4.78 is 97.2. The third kappa shape index (κ3) is 9.48. The van der Waals surface area contributed by atoms with Crippen LogP contribution in [0.2, 0.25) is 10.0 Å². The maximum absolute atomic E-state index is 15.0. The molecule has 5 rings (SSSR count). The molecule has 21 heteroatoms. The summed E-state index contributed by atoms with van der Waals surface area (Å²) in [7, 11) is 0.751. The molecular weight excluding hydrogens is 788 g/mol. The molecule has 0 atom stereocenters. The summed E-state index contributed by atoms with van der Waals surface area (Å²) in [5, 5.41) is 1.69. The van der Waals surface area contributed by atoms with Crippen LogP contribution < -0.4 is 35.5 Å². The van der Waals surface area contributed by atoms with Gasteiger partial charge in [0.2, 0.25) is 0 Å². The Bertz CT molecular complexity index is 2390. The number of alkyl halides is 3. The van der Waals surface area contributed by atoms with E-state index in [0.29, 0.717) is 6.07 Å². The average Bonchev–Trinajstić information content (AvgIpc) is 3.12. The van der Waals surface area contributed by atoms with Crippen molar-refractivity contribution in [1.82, 2.24) is 19.1 Å². The van der Waals surface area contributed by atoms with E-state index in [0.717, 1.165) is 25.2 Å². The van der Waals surface area contributed by atoms with Crippen molar-refractivity contribution < 1.29 is 55.2 Å². The number of hydrogen-bond acceptors (Lipinski definition) is 11. The van der Waals surface area contributed by atoms with E-state index >= 15 is 4.39 Å². The average molecular weight is 812 g/mol. The van der Waals surface area contributed by atoms with Crippen molar-refractivity contribution in [2.24, 2.45) is 7.05 Å². The van der Waals surface area contributed by atoms with E-state index in [-0.39, 0.29) is 55.8 Å². The number of amides is 1. The molecule has 0 bridgehead atoms. The van der Waals surface area contributed by atoms with Gasteiger partial charge in [-0.3, -0.25) is 14.2 Å². The first-order chi connectivity index (χ1) is 26.1. The predicted octanol–water partition coefficient (Wildman–Crippen LogP) is 6.47. The minimum Gasteiger partial charge on any atom is -0.465 e. The zero-order valence-electron chi connectivity index (χ0n) is 28.1. The number of nitrogens with one attached hydrogen (secondary N) is 1.